The maximum Gasteiger partial charge on any atom is 0.180 e. The summed E-state index contributed by atoms with van der Waals surface area (Å²) >= 11 is 4.96. The van der Waals surface area contributed by atoms with Crippen LogP contribution in [0.25, 0.3) is 0 Å². The maximum atomic E-state index is 5.66. The lowest BCUT2D eigenvalue weighted by Crippen LogP contribution is -1.91. The molecule has 2 rings (SSSR count). The predicted molar refractivity (Wildman–Crippen MR) is 68.2 cm³/mol. The number of thiazole rings is 1. The zero-order chi connectivity index (χ0) is 10.8. The molecule has 0 fully saturated rings. The summed E-state index contributed by atoms with van der Waals surface area (Å²) in [6.45, 7) is 2.06. The zero-order valence-electron chi connectivity index (χ0n) is 8.33. The third-order valence-electron chi connectivity index (χ3n) is 2.19. The molecule has 0 bridgehead atoms. The van der Waals surface area contributed by atoms with Crippen LogP contribution < -0.4 is 5.73 Å². The van der Waals surface area contributed by atoms with E-state index in [1.165, 1.54) is 10.4 Å². The molecule has 0 unspecified atom stereocenters. The van der Waals surface area contributed by atoms with Crippen LogP contribution in [0.3, 0.4) is 0 Å². The molecule has 0 atom stereocenters. The van der Waals surface area contributed by atoms with Gasteiger partial charge >= 0.3 is 0 Å². The molecule has 0 aliphatic heterocycles. The fourth-order valence-corrected chi connectivity index (χ4v) is 2.38. The summed E-state index contributed by atoms with van der Waals surface area (Å²) < 4.78 is 1.10. The Labute approximate surface area is 101 Å². The number of hydrogen-bond donors (Lipinski definition) is 1. The van der Waals surface area contributed by atoms with Crippen molar-refractivity contribution in [2.24, 2.45) is 0 Å². The number of benzene rings is 1. The number of aryl methyl sites for hydroxylation is 1. The lowest BCUT2D eigenvalue weighted by molar-refractivity contribution is 1.09. The second-order valence-electron chi connectivity index (χ2n) is 3.36. The zero-order valence-corrected chi connectivity index (χ0v) is 10.7. The minimum absolute atomic E-state index is 0.652. The van der Waals surface area contributed by atoms with Gasteiger partial charge in [-0.1, -0.05) is 28.1 Å². The first kappa shape index (κ1) is 10.6. The van der Waals surface area contributed by atoms with E-state index in [9.17, 15) is 0 Å². The van der Waals surface area contributed by atoms with Gasteiger partial charge in [0.2, 0.25) is 0 Å². The van der Waals surface area contributed by atoms with Crippen molar-refractivity contribution in [3.8, 4) is 0 Å². The summed E-state index contributed by atoms with van der Waals surface area (Å²) in [6, 6.07) is 8.28. The fraction of sp³-hybridized carbons (Fsp3) is 0.182. The van der Waals surface area contributed by atoms with E-state index in [-0.39, 0.29) is 0 Å². The number of nitrogen functional groups attached to an aromatic ring is 1. The van der Waals surface area contributed by atoms with Crippen LogP contribution in [0.2, 0.25) is 0 Å². The normalized spacial score (nSPS) is 10.5. The monoisotopic (exact) mass is 282 g/mol. The van der Waals surface area contributed by atoms with Gasteiger partial charge in [0.25, 0.3) is 0 Å². The van der Waals surface area contributed by atoms with Crippen molar-refractivity contribution in [1.29, 1.82) is 0 Å². The average molecular weight is 283 g/mol. The highest BCUT2D eigenvalue weighted by atomic mass is 79.9. The third kappa shape index (κ3) is 2.58. The van der Waals surface area contributed by atoms with Crippen LogP contribution in [0.15, 0.2) is 28.7 Å². The minimum atomic E-state index is 0.652. The van der Waals surface area contributed by atoms with Gasteiger partial charge in [-0.25, -0.2) is 4.98 Å². The SMILES string of the molecule is Cc1sc(N)nc1Cc1ccc(Br)cc1. The molecule has 1 aromatic carbocycles. The molecule has 78 valence electrons. The highest BCUT2D eigenvalue weighted by Crippen LogP contribution is 2.22. The Hall–Kier alpha value is -0.870. The van der Waals surface area contributed by atoms with Gasteiger partial charge in [0.05, 0.1) is 5.69 Å². The van der Waals surface area contributed by atoms with Gasteiger partial charge < -0.3 is 5.73 Å². The smallest absolute Gasteiger partial charge is 0.180 e. The van der Waals surface area contributed by atoms with Crippen LogP contribution in [0.1, 0.15) is 16.1 Å². The topological polar surface area (TPSA) is 38.9 Å². The summed E-state index contributed by atoms with van der Waals surface area (Å²) in [4.78, 5) is 5.52. The van der Waals surface area contributed by atoms with E-state index in [2.05, 4.69) is 40.0 Å². The first-order chi connectivity index (χ1) is 7.15. The largest absolute Gasteiger partial charge is 0.375 e. The van der Waals surface area contributed by atoms with E-state index in [1.54, 1.807) is 11.3 Å². The molecule has 4 heteroatoms. The second kappa shape index (κ2) is 4.33. The van der Waals surface area contributed by atoms with Gasteiger partial charge in [-0.15, -0.1) is 11.3 Å². The number of nitrogens with two attached hydrogens (primary N) is 1. The molecule has 2 nitrogen and oxygen atoms in total. The third-order valence-corrected chi connectivity index (χ3v) is 3.56. The first-order valence-electron chi connectivity index (χ1n) is 4.61. The lowest BCUT2D eigenvalue weighted by Gasteiger charge is -1.99. The van der Waals surface area contributed by atoms with Crippen molar-refractivity contribution in [2.45, 2.75) is 13.3 Å². The fourth-order valence-electron chi connectivity index (χ4n) is 1.41. The highest BCUT2D eigenvalue weighted by Gasteiger charge is 2.05. The van der Waals surface area contributed by atoms with Gasteiger partial charge in [0, 0.05) is 15.8 Å². The van der Waals surface area contributed by atoms with E-state index in [0.29, 0.717) is 5.13 Å². The number of aromatic nitrogens is 1. The number of hydrogen-bond acceptors (Lipinski definition) is 3. The van der Waals surface area contributed by atoms with Crippen LogP contribution in [0.5, 0.6) is 0 Å². The minimum Gasteiger partial charge on any atom is -0.375 e. The van der Waals surface area contributed by atoms with E-state index in [0.717, 1.165) is 16.6 Å². The van der Waals surface area contributed by atoms with E-state index in [4.69, 9.17) is 5.73 Å². The van der Waals surface area contributed by atoms with E-state index >= 15 is 0 Å². The Bertz CT molecular complexity index is 462. The number of rotatable bonds is 2. The summed E-state index contributed by atoms with van der Waals surface area (Å²) in [6.07, 6.45) is 0.854. The van der Waals surface area contributed by atoms with Crippen LogP contribution >= 0.6 is 27.3 Å². The van der Waals surface area contributed by atoms with Gasteiger partial charge in [-0.2, -0.15) is 0 Å². The van der Waals surface area contributed by atoms with Crippen molar-refractivity contribution >= 4 is 32.4 Å². The van der Waals surface area contributed by atoms with Crippen molar-refractivity contribution in [3.63, 3.8) is 0 Å². The Morgan fingerprint density at radius 1 is 1.33 bits per heavy atom. The number of anilines is 1. The molecule has 0 saturated heterocycles. The van der Waals surface area contributed by atoms with Gasteiger partial charge in [0.15, 0.2) is 5.13 Å². The molecule has 1 aromatic heterocycles. The van der Waals surface area contributed by atoms with Gasteiger partial charge in [-0.05, 0) is 24.6 Å². The maximum absolute atomic E-state index is 5.66. The standard InChI is InChI=1S/C11H11BrN2S/c1-7-10(14-11(13)15-7)6-8-2-4-9(12)5-3-8/h2-5H,6H2,1H3,(H2,13,14). The number of halogens is 1. The summed E-state index contributed by atoms with van der Waals surface area (Å²) in [5, 5.41) is 0.652. The van der Waals surface area contributed by atoms with Crippen molar-refractivity contribution < 1.29 is 0 Å². The number of nitrogens with zero attached hydrogens (tertiary/aromatic N) is 1. The molecule has 0 aliphatic carbocycles. The first-order valence-corrected chi connectivity index (χ1v) is 6.22. The predicted octanol–water partition coefficient (Wildman–Crippen LogP) is 3.39. The van der Waals surface area contributed by atoms with Crippen LogP contribution in [0.4, 0.5) is 5.13 Å². The summed E-state index contributed by atoms with van der Waals surface area (Å²) in [5.41, 5.74) is 8.00. The van der Waals surface area contributed by atoms with Crippen LogP contribution in [0, 0.1) is 6.92 Å². The molecule has 0 radical (unpaired) electrons. The molecule has 2 N–H and O–H groups in total. The Morgan fingerprint density at radius 2 is 2.00 bits per heavy atom. The quantitative estimate of drug-likeness (QED) is 0.917. The van der Waals surface area contributed by atoms with Gasteiger partial charge in [0.1, 0.15) is 0 Å². The molecule has 0 spiro atoms. The molecule has 2 aromatic rings. The average Bonchev–Trinajstić information content (AvgIpc) is 2.49. The molecule has 0 saturated carbocycles. The molecular formula is C11H11BrN2S. The van der Waals surface area contributed by atoms with Gasteiger partial charge in [-0.3, -0.25) is 0 Å². The van der Waals surface area contributed by atoms with Crippen molar-refractivity contribution in [3.05, 3.63) is 44.9 Å². The Balaban J connectivity index is 2.21. The van der Waals surface area contributed by atoms with E-state index in [1.807, 2.05) is 12.1 Å². The summed E-state index contributed by atoms with van der Waals surface area (Å²) in [5.74, 6) is 0. The molecule has 0 amide bonds. The van der Waals surface area contributed by atoms with Crippen molar-refractivity contribution in [2.75, 3.05) is 5.73 Å². The molecule has 15 heavy (non-hydrogen) atoms. The second-order valence-corrected chi connectivity index (χ2v) is 5.51. The molecule has 1 heterocycles. The molecule has 0 aliphatic rings. The van der Waals surface area contributed by atoms with Crippen LogP contribution in [-0.2, 0) is 6.42 Å². The molecular weight excluding hydrogens is 272 g/mol. The van der Waals surface area contributed by atoms with Crippen molar-refractivity contribution in [1.82, 2.24) is 4.98 Å². The Morgan fingerprint density at radius 3 is 2.53 bits per heavy atom. The lowest BCUT2D eigenvalue weighted by atomic mass is 10.1. The van der Waals surface area contributed by atoms with E-state index < -0.39 is 0 Å². The Kier molecular flexibility index (Phi) is 3.07. The highest BCUT2D eigenvalue weighted by molar-refractivity contribution is 9.10. The summed E-state index contributed by atoms with van der Waals surface area (Å²) in [7, 11) is 0. The van der Waals surface area contributed by atoms with Crippen LogP contribution in [-0.4, -0.2) is 4.98 Å².